The summed E-state index contributed by atoms with van der Waals surface area (Å²) in [5.41, 5.74) is 0.629. The maximum absolute atomic E-state index is 13.5. The van der Waals surface area contributed by atoms with Crippen molar-refractivity contribution in [2.75, 3.05) is 16.4 Å². The lowest BCUT2D eigenvalue weighted by Crippen LogP contribution is -2.36. The average Bonchev–Trinajstić information content (AvgIpc) is 2.64. The Labute approximate surface area is 165 Å². The van der Waals surface area contributed by atoms with Gasteiger partial charge in [-0.3, -0.25) is 14.4 Å². The molecule has 1 aromatic heterocycles. The number of amides is 2. The predicted molar refractivity (Wildman–Crippen MR) is 106 cm³/mol. The van der Waals surface area contributed by atoms with Gasteiger partial charge >= 0.3 is 0 Å². The second-order valence-electron chi connectivity index (χ2n) is 6.59. The number of thioether (sulfide) groups is 1. The van der Waals surface area contributed by atoms with Crippen LogP contribution in [0.3, 0.4) is 0 Å². The second-order valence-corrected chi connectivity index (χ2v) is 7.67. The number of H-pyrrole nitrogens is 1. The molecule has 0 unspecified atom stereocenters. The number of hydrogen-bond donors (Lipinski definition) is 3. The Morgan fingerprint density at radius 3 is 2.93 bits per heavy atom. The third-order valence-corrected chi connectivity index (χ3v) is 5.40. The van der Waals surface area contributed by atoms with Gasteiger partial charge in [0.05, 0.1) is 11.5 Å². The first-order valence-corrected chi connectivity index (χ1v) is 10.0. The molecule has 148 valence electrons. The molecule has 2 amide bonds. The molecule has 0 spiro atoms. The number of halogens is 1. The van der Waals surface area contributed by atoms with Gasteiger partial charge in [-0.05, 0) is 31.0 Å². The van der Waals surface area contributed by atoms with Gasteiger partial charge in [0.15, 0.2) is 5.16 Å². The van der Waals surface area contributed by atoms with Crippen LogP contribution in [0, 0.1) is 12.7 Å². The lowest BCUT2D eigenvalue weighted by molar-refractivity contribution is -0.123. The molecule has 0 aliphatic carbocycles. The zero-order valence-electron chi connectivity index (χ0n) is 15.6. The summed E-state index contributed by atoms with van der Waals surface area (Å²) in [4.78, 5) is 44.5. The fourth-order valence-electron chi connectivity index (χ4n) is 2.90. The molecular formula is C19H21FN4O3S. The Kier molecular flexibility index (Phi) is 6.13. The van der Waals surface area contributed by atoms with Crippen LogP contribution in [0.15, 0.2) is 28.2 Å². The van der Waals surface area contributed by atoms with E-state index >= 15 is 0 Å². The number of carbonyl (C=O) groups excluding carboxylic acids is 2. The highest BCUT2D eigenvalue weighted by Crippen LogP contribution is 2.31. The van der Waals surface area contributed by atoms with Crippen molar-refractivity contribution in [3.05, 3.63) is 45.5 Å². The topological polar surface area (TPSA) is 104 Å². The first-order valence-electron chi connectivity index (χ1n) is 9.03. The van der Waals surface area contributed by atoms with Gasteiger partial charge in [0.25, 0.3) is 5.56 Å². The van der Waals surface area contributed by atoms with E-state index in [1.807, 2.05) is 0 Å². The smallest absolute Gasteiger partial charge is 0.257 e. The highest BCUT2D eigenvalue weighted by molar-refractivity contribution is 7.99. The van der Waals surface area contributed by atoms with Crippen LogP contribution >= 0.6 is 11.8 Å². The minimum atomic E-state index is -1.00. The lowest BCUT2D eigenvalue weighted by atomic mass is 9.92. The van der Waals surface area contributed by atoms with E-state index in [-0.39, 0.29) is 17.8 Å². The largest absolute Gasteiger partial charge is 0.325 e. The van der Waals surface area contributed by atoms with Crippen molar-refractivity contribution in [3.8, 4) is 0 Å². The highest BCUT2D eigenvalue weighted by Gasteiger charge is 2.35. The molecule has 28 heavy (non-hydrogen) atoms. The van der Waals surface area contributed by atoms with E-state index in [0.717, 1.165) is 18.6 Å². The molecule has 0 radical (unpaired) electrons. The molecule has 2 heterocycles. The van der Waals surface area contributed by atoms with Crippen LogP contribution in [0.25, 0.3) is 0 Å². The summed E-state index contributed by atoms with van der Waals surface area (Å²) in [5.74, 6) is -1.55. The number of fused-ring (bicyclic) bond motifs is 1. The number of aromatic amines is 1. The number of hydrogen-bond acceptors (Lipinski definition) is 5. The van der Waals surface area contributed by atoms with E-state index in [2.05, 4.69) is 27.5 Å². The van der Waals surface area contributed by atoms with Crippen LogP contribution in [0.2, 0.25) is 0 Å². The first-order chi connectivity index (χ1) is 13.4. The molecule has 7 nitrogen and oxygen atoms in total. The van der Waals surface area contributed by atoms with Crippen molar-refractivity contribution in [2.24, 2.45) is 0 Å². The van der Waals surface area contributed by atoms with Crippen LogP contribution in [0.5, 0.6) is 0 Å². The SMILES string of the molecule is CCCCSc1nc2c(c(=O)[nH]1)[C@H](C(=O)Nc1cc(F)ccc1C)CC(=O)N2. The number of carbonyl (C=O) groups is 2. The fourth-order valence-corrected chi connectivity index (χ4v) is 3.85. The summed E-state index contributed by atoms with van der Waals surface area (Å²) >= 11 is 1.39. The zero-order chi connectivity index (χ0) is 20.3. The van der Waals surface area contributed by atoms with Crippen LogP contribution < -0.4 is 16.2 Å². The number of aromatic nitrogens is 2. The third-order valence-electron chi connectivity index (χ3n) is 4.44. The number of nitrogens with one attached hydrogen (secondary N) is 3. The molecule has 1 aliphatic heterocycles. The van der Waals surface area contributed by atoms with Crippen molar-refractivity contribution in [2.45, 2.75) is 44.2 Å². The number of anilines is 2. The van der Waals surface area contributed by atoms with Crippen LogP contribution in [-0.4, -0.2) is 27.5 Å². The van der Waals surface area contributed by atoms with Crippen LogP contribution in [-0.2, 0) is 9.59 Å². The number of nitrogens with zero attached hydrogens (tertiary/aromatic N) is 1. The monoisotopic (exact) mass is 404 g/mol. The molecule has 1 atom stereocenters. The quantitative estimate of drug-likeness (QED) is 0.390. The molecular weight excluding hydrogens is 383 g/mol. The van der Waals surface area contributed by atoms with E-state index in [9.17, 15) is 18.8 Å². The summed E-state index contributed by atoms with van der Waals surface area (Å²) in [7, 11) is 0. The Morgan fingerprint density at radius 1 is 1.39 bits per heavy atom. The van der Waals surface area contributed by atoms with E-state index in [1.54, 1.807) is 13.0 Å². The standard InChI is InChI=1S/C19H21FN4O3S/c1-3-4-7-28-19-23-16-15(18(27)24-19)12(9-14(25)22-16)17(26)21-13-8-11(20)6-5-10(13)2/h5-6,8,12H,3-4,7,9H2,1-2H3,(H,21,26)(H2,22,23,24,25,27)/t12-/m1/s1. The van der Waals surface area contributed by atoms with Crippen molar-refractivity contribution in [3.63, 3.8) is 0 Å². The Balaban J connectivity index is 1.89. The molecule has 0 saturated heterocycles. The minimum Gasteiger partial charge on any atom is -0.325 e. The maximum Gasteiger partial charge on any atom is 0.257 e. The molecule has 0 fully saturated rings. The summed E-state index contributed by atoms with van der Waals surface area (Å²) in [5, 5.41) is 5.60. The number of benzene rings is 1. The van der Waals surface area contributed by atoms with Gasteiger partial charge < -0.3 is 15.6 Å². The van der Waals surface area contributed by atoms with Gasteiger partial charge in [-0.2, -0.15) is 0 Å². The van der Waals surface area contributed by atoms with Gasteiger partial charge in [-0.1, -0.05) is 31.2 Å². The van der Waals surface area contributed by atoms with Crippen molar-refractivity contribution in [1.29, 1.82) is 0 Å². The molecule has 1 aliphatic rings. The molecule has 3 rings (SSSR count). The molecule has 1 aromatic carbocycles. The third kappa shape index (κ3) is 4.41. The van der Waals surface area contributed by atoms with E-state index in [0.29, 0.717) is 16.4 Å². The fraction of sp³-hybridized carbons (Fsp3) is 0.368. The Bertz CT molecular complexity index is 976. The molecule has 2 aromatic rings. The Morgan fingerprint density at radius 2 is 2.18 bits per heavy atom. The zero-order valence-corrected chi connectivity index (χ0v) is 16.4. The van der Waals surface area contributed by atoms with E-state index in [4.69, 9.17) is 0 Å². The molecule has 3 N–H and O–H groups in total. The van der Waals surface area contributed by atoms with Gasteiger partial charge in [0.1, 0.15) is 11.6 Å². The number of unbranched alkanes of at least 4 members (excludes halogenated alkanes) is 1. The van der Waals surface area contributed by atoms with Crippen LogP contribution in [0.4, 0.5) is 15.9 Å². The van der Waals surface area contributed by atoms with Gasteiger partial charge in [-0.25, -0.2) is 9.37 Å². The lowest BCUT2D eigenvalue weighted by Gasteiger charge is -2.23. The molecule has 0 saturated carbocycles. The number of rotatable bonds is 6. The molecule has 9 heteroatoms. The van der Waals surface area contributed by atoms with Crippen molar-refractivity contribution >= 4 is 35.1 Å². The first kappa shape index (κ1) is 20.1. The summed E-state index contributed by atoms with van der Waals surface area (Å²) in [6.07, 6.45) is 1.80. The van der Waals surface area contributed by atoms with Crippen LogP contribution in [0.1, 0.15) is 43.2 Å². The summed E-state index contributed by atoms with van der Waals surface area (Å²) < 4.78 is 13.5. The molecule has 0 bridgehead atoms. The summed E-state index contributed by atoms with van der Waals surface area (Å²) in [6.45, 7) is 3.79. The predicted octanol–water partition coefficient (Wildman–Crippen LogP) is 3.17. The van der Waals surface area contributed by atoms with Crippen molar-refractivity contribution < 1.29 is 14.0 Å². The minimum absolute atomic E-state index is 0.107. The maximum atomic E-state index is 13.5. The van der Waals surface area contributed by atoms with Gasteiger partial charge in [0, 0.05) is 17.9 Å². The Hall–Kier alpha value is -2.68. The average molecular weight is 404 g/mol. The van der Waals surface area contributed by atoms with Gasteiger partial charge in [0.2, 0.25) is 11.8 Å². The van der Waals surface area contributed by atoms with Crippen molar-refractivity contribution in [1.82, 2.24) is 9.97 Å². The number of aryl methyl sites for hydroxylation is 1. The van der Waals surface area contributed by atoms with E-state index < -0.39 is 29.1 Å². The van der Waals surface area contributed by atoms with Gasteiger partial charge in [-0.15, -0.1) is 0 Å². The second kappa shape index (κ2) is 8.55. The van der Waals surface area contributed by atoms with E-state index in [1.165, 1.54) is 23.9 Å². The normalized spacial score (nSPS) is 15.7. The highest BCUT2D eigenvalue weighted by atomic mass is 32.2. The summed E-state index contributed by atoms with van der Waals surface area (Å²) in [6, 6.07) is 4.04.